The van der Waals surface area contributed by atoms with Gasteiger partial charge in [-0.25, -0.2) is 14.1 Å². The topological polar surface area (TPSA) is 152 Å². The Morgan fingerprint density at radius 1 is 0.756 bits per heavy atom. The summed E-state index contributed by atoms with van der Waals surface area (Å²) >= 11 is 0. The Bertz CT molecular complexity index is 1870. The Kier molecular flexibility index (Phi) is 8.78. The van der Waals surface area contributed by atoms with Crippen molar-refractivity contribution in [2.45, 2.75) is 13.2 Å². The summed E-state index contributed by atoms with van der Waals surface area (Å²) in [5, 5.41) is 0.291. The van der Waals surface area contributed by atoms with Crippen LogP contribution in [0.2, 0.25) is 0 Å². The van der Waals surface area contributed by atoms with Gasteiger partial charge in [-0.1, -0.05) is 60.7 Å². The summed E-state index contributed by atoms with van der Waals surface area (Å²) in [7, 11) is -7.75. The largest absolute Gasteiger partial charge is 0.530 e. The van der Waals surface area contributed by atoms with Gasteiger partial charge in [-0.05, 0) is 29.3 Å². The average molecular weight is 652 g/mol. The zero-order valence-corrected chi connectivity index (χ0v) is 25.6. The van der Waals surface area contributed by atoms with Crippen molar-refractivity contribution in [2.24, 2.45) is 0 Å². The van der Waals surface area contributed by atoms with Crippen molar-refractivity contribution in [1.29, 1.82) is 0 Å². The van der Waals surface area contributed by atoms with Gasteiger partial charge in [-0.2, -0.15) is 0 Å². The monoisotopic (exact) mass is 651 g/mol. The molecule has 0 atom stereocenters. The van der Waals surface area contributed by atoms with E-state index in [0.717, 1.165) is 11.1 Å². The van der Waals surface area contributed by atoms with E-state index in [4.69, 9.17) is 32.3 Å². The molecule has 0 aliphatic carbocycles. The fourth-order valence-electron chi connectivity index (χ4n) is 4.50. The van der Waals surface area contributed by atoms with Gasteiger partial charge in [0.05, 0.1) is 31.5 Å². The normalized spacial score (nSPS) is 12.7. The summed E-state index contributed by atoms with van der Waals surface area (Å²) in [6.07, 6.45) is 0. The predicted octanol–water partition coefficient (Wildman–Crippen LogP) is 7.03. The second kappa shape index (κ2) is 12.9. The summed E-state index contributed by atoms with van der Waals surface area (Å²) in [5.41, 5.74) is 2.45. The number of benzene rings is 4. The van der Waals surface area contributed by atoms with Crippen LogP contribution < -0.4 is 23.3 Å². The molecule has 1 aromatic heterocycles. The van der Waals surface area contributed by atoms with Crippen LogP contribution in [0.25, 0.3) is 22.2 Å². The van der Waals surface area contributed by atoms with E-state index in [2.05, 4.69) is 4.98 Å². The quantitative estimate of drug-likeness (QED) is 0.133. The van der Waals surface area contributed by atoms with Crippen LogP contribution in [-0.2, 0) is 31.4 Å². The summed E-state index contributed by atoms with van der Waals surface area (Å²) < 4.78 is 64.7. The van der Waals surface area contributed by atoms with E-state index in [1.54, 1.807) is 12.1 Å². The number of hydrogen-bond donors (Lipinski definition) is 2. The van der Waals surface area contributed by atoms with Crippen molar-refractivity contribution in [3.8, 4) is 40.0 Å². The van der Waals surface area contributed by atoms with Crippen molar-refractivity contribution in [2.75, 3.05) is 13.9 Å². The van der Waals surface area contributed by atoms with Gasteiger partial charge in [-0.3, -0.25) is 18.8 Å². The fourth-order valence-corrected chi connectivity index (χ4v) is 6.07. The van der Waals surface area contributed by atoms with E-state index < -0.39 is 15.6 Å². The number of methoxy groups -OCH3 is 1. The SMILES string of the molecule is COc1cc(OP(=O)(OCc2ccccc2)OCc2ccccc2)cc(-c2cc(OP(=O)(O)O)c3cc4c(cc3n2)OCO4)c1. The molecule has 4 aromatic carbocycles. The molecule has 0 amide bonds. The second-order valence-electron chi connectivity index (χ2n) is 9.76. The average Bonchev–Trinajstić information content (AvgIpc) is 3.49. The van der Waals surface area contributed by atoms with E-state index in [-0.39, 0.29) is 37.2 Å². The lowest BCUT2D eigenvalue weighted by Gasteiger charge is -2.20. The lowest BCUT2D eigenvalue weighted by atomic mass is 10.1. The molecule has 232 valence electrons. The molecule has 1 aliphatic rings. The molecule has 6 rings (SSSR count). The maximum Gasteiger partial charge on any atom is 0.530 e. The Morgan fingerprint density at radius 2 is 1.36 bits per heavy atom. The number of phosphoric acid groups is 2. The number of aromatic nitrogens is 1. The molecule has 5 aromatic rings. The van der Waals surface area contributed by atoms with Gasteiger partial charge in [0, 0.05) is 29.1 Å². The van der Waals surface area contributed by atoms with Crippen LogP contribution in [0, 0.1) is 0 Å². The first-order valence-electron chi connectivity index (χ1n) is 13.5. The lowest BCUT2D eigenvalue weighted by molar-refractivity contribution is 0.143. The van der Waals surface area contributed by atoms with Gasteiger partial charge < -0.3 is 23.3 Å². The zero-order valence-electron chi connectivity index (χ0n) is 23.8. The van der Waals surface area contributed by atoms with Crippen molar-refractivity contribution >= 4 is 26.5 Å². The minimum absolute atomic E-state index is 0.0114. The molecule has 0 saturated carbocycles. The number of nitrogens with zero attached hydrogens (tertiary/aromatic N) is 1. The molecule has 2 N–H and O–H groups in total. The minimum Gasteiger partial charge on any atom is -0.497 e. The van der Waals surface area contributed by atoms with Crippen molar-refractivity contribution < 1.29 is 51.2 Å². The van der Waals surface area contributed by atoms with Gasteiger partial charge >= 0.3 is 15.6 Å². The Hall–Kier alpha value is -4.41. The molecule has 0 fully saturated rings. The van der Waals surface area contributed by atoms with Crippen LogP contribution in [0.3, 0.4) is 0 Å². The highest BCUT2D eigenvalue weighted by Crippen LogP contribution is 2.52. The molecule has 1 aliphatic heterocycles. The molecule has 2 heterocycles. The number of phosphoric ester groups is 2. The summed E-state index contributed by atoms with van der Waals surface area (Å²) in [5.74, 6) is 1.03. The first-order chi connectivity index (χ1) is 21.7. The van der Waals surface area contributed by atoms with Gasteiger partial charge in [0.15, 0.2) is 11.5 Å². The predicted molar refractivity (Wildman–Crippen MR) is 163 cm³/mol. The molecule has 45 heavy (non-hydrogen) atoms. The van der Waals surface area contributed by atoms with Gasteiger partial charge in [0.25, 0.3) is 0 Å². The highest BCUT2D eigenvalue weighted by molar-refractivity contribution is 7.48. The first-order valence-corrected chi connectivity index (χ1v) is 16.5. The molecular weight excluding hydrogens is 624 g/mol. The number of pyridine rings is 1. The van der Waals surface area contributed by atoms with Gasteiger partial charge in [-0.15, -0.1) is 0 Å². The third kappa shape index (κ3) is 7.64. The van der Waals surface area contributed by atoms with Gasteiger partial charge in [0.2, 0.25) is 6.79 Å². The van der Waals surface area contributed by atoms with Crippen LogP contribution in [0.15, 0.2) is 97.1 Å². The maximum atomic E-state index is 14.0. The van der Waals surface area contributed by atoms with Crippen LogP contribution in [0.5, 0.6) is 28.7 Å². The first kappa shape index (κ1) is 30.6. The van der Waals surface area contributed by atoms with Crippen molar-refractivity contribution in [3.63, 3.8) is 0 Å². The zero-order chi connectivity index (χ0) is 31.4. The van der Waals surface area contributed by atoms with Crippen LogP contribution >= 0.6 is 15.6 Å². The number of hydrogen-bond acceptors (Lipinski definition) is 10. The molecule has 0 spiro atoms. The van der Waals surface area contributed by atoms with Crippen molar-refractivity contribution in [3.05, 3.63) is 108 Å². The molecule has 0 unspecified atom stereocenters. The summed E-state index contributed by atoms with van der Waals surface area (Å²) in [4.78, 5) is 23.9. The van der Waals surface area contributed by atoms with Crippen LogP contribution in [0.4, 0.5) is 0 Å². The fraction of sp³-hybridized carbons (Fsp3) is 0.129. The van der Waals surface area contributed by atoms with Gasteiger partial charge in [0.1, 0.15) is 17.2 Å². The Labute approximate surface area is 257 Å². The van der Waals surface area contributed by atoms with Crippen LogP contribution in [-0.4, -0.2) is 28.7 Å². The molecule has 14 heteroatoms. The molecule has 0 radical (unpaired) electrons. The number of rotatable bonds is 12. The Balaban J connectivity index is 1.37. The molecular formula is C31H27NO11P2. The van der Waals surface area contributed by atoms with E-state index in [0.29, 0.717) is 33.7 Å². The third-order valence-electron chi connectivity index (χ3n) is 6.58. The summed E-state index contributed by atoms with van der Waals surface area (Å²) in [6.45, 7) is -0.104. The number of fused-ring (bicyclic) bond motifs is 2. The highest BCUT2D eigenvalue weighted by atomic mass is 31.2. The third-order valence-corrected chi connectivity index (χ3v) is 8.33. The van der Waals surface area contributed by atoms with Crippen molar-refractivity contribution in [1.82, 2.24) is 4.98 Å². The van der Waals surface area contributed by atoms with E-state index in [1.807, 2.05) is 60.7 Å². The van der Waals surface area contributed by atoms with E-state index >= 15 is 0 Å². The standard InChI is InChI=1S/C31H27NO11P2/c1-37-24-12-23(27-16-29(43-44(33,34)35)26-15-30-31(39-20-38-30)17-28(26)32-27)13-25(14-24)42-45(36,40-18-21-8-4-2-5-9-21)41-19-22-10-6-3-7-11-22/h2-17H,18-20H2,1H3,(H2,33,34,35). The molecule has 0 bridgehead atoms. The molecule has 0 saturated heterocycles. The maximum absolute atomic E-state index is 14.0. The second-order valence-corrected chi connectivity index (χ2v) is 12.5. The highest BCUT2D eigenvalue weighted by Gasteiger charge is 2.30. The molecule has 12 nitrogen and oxygen atoms in total. The lowest BCUT2D eigenvalue weighted by Crippen LogP contribution is -2.04. The van der Waals surface area contributed by atoms with E-state index in [9.17, 15) is 18.9 Å². The van der Waals surface area contributed by atoms with Crippen LogP contribution in [0.1, 0.15) is 11.1 Å². The number of ether oxygens (including phenoxy) is 3. The minimum atomic E-state index is -4.96. The Morgan fingerprint density at radius 3 is 1.96 bits per heavy atom. The van der Waals surface area contributed by atoms with E-state index in [1.165, 1.54) is 31.4 Å². The summed E-state index contributed by atoms with van der Waals surface area (Å²) in [6, 6.07) is 27.4. The smallest absolute Gasteiger partial charge is 0.497 e.